The molecule has 204 valence electrons. The topological polar surface area (TPSA) is 70.6 Å². The highest BCUT2D eigenvalue weighted by Crippen LogP contribution is 2.35. The van der Waals surface area contributed by atoms with Crippen LogP contribution in [0, 0.1) is 6.92 Å². The van der Waals surface area contributed by atoms with Crippen molar-refractivity contribution in [2.24, 2.45) is 0 Å². The number of rotatable bonds is 7. The molecule has 2 heterocycles. The Labute approximate surface area is 242 Å². The molecule has 1 aliphatic rings. The molecule has 0 radical (unpaired) electrons. The summed E-state index contributed by atoms with van der Waals surface area (Å²) in [5.74, 6) is -0.898. The summed E-state index contributed by atoms with van der Waals surface area (Å²) < 4.78 is 1.12. The van der Waals surface area contributed by atoms with E-state index >= 15 is 0 Å². The van der Waals surface area contributed by atoms with Gasteiger partial charge in [0, 0.05) is 5.56 Å². The number of anilines is 1. The molecule has 0 bridgehead atoms. The van der Waals surface area contributed by atoms with E-state index in [9.17, 15) is 14.4 Å². The molecule has 41 heavy (non-hydrogen) atoms. The Balaban J connectivity index is 1.28. The van der Waals surface area contributed by atoms with Crippen molar-refractivity contribution in [2.45, 2.75) is 38.8 Å². The molecule has 2 unspecified atom stereocenters. The van der Waals surface area contributed by atoms with Gasteiger partial charge in [-0.1, -0.05) is 66.7 Å². The summed E-state index contributed by atoms with van der Waals surface area (Å²) in [6.07, 6.45) is 0.0852. The first kappa shape index (κ1) is 26.6. The zero-order valence-electron chi connectivity index (χ0n) is 22.9. The molecule has 1 aromatic heterocycles. The van der Waals surface area contributed by atoms with E-state index in [1.54, 1.807) is 28.4 Å². The van der Waals surface area contributed by atoms with Crippen molar-refractivity contribution in [3.63, 3.8) is 0 Å². The van der Waals surface area contributed by atoms with Crippen LogP contribution in [0.3, 0.4) is 0 Å². The summed E-state index contributed by atoms with van der Waals surface area (Å²) in [6.45, 7) is 3.97. The van der Waals surface area contributed by atoms with Gasteiger partial charge in [0.1, 0.15) is 11.0 Å². The Morgan fingerprint density at radius 2 is 1.63 bits per heavy atom. The van der Waals surface area contributed by atoms with Gasteiger partial charge in [0.15, 0.2) is 0 Å². The molecular weight excluding hydrogens is 530 g/mol. The molecule has 3 amide bonds. The predicted octanol–water partition coefficient (Wildman–Crippen LogP) is 6.74. The molecule has 1 aliphatic heterocycles. The maximum Gasteiger partial charge on any atom is 0.257 e. The first-order valence-corrected chi connectivity index (χ1v) is 14.4. The second-order valence-corrected chi connectivity index (χ2v) is 11.4. The maximum atomic E-state index is 13.9. The molecule has 6 rings (SSSR count). The smallest absolute Gasteiger partial charge is 0.257 e. The number of benzene rings is 4. The van der Waals surface area contributed by atoms with Gasteiger partial charge in [-0.15, -0.1) is 11.3 Å². The zero-order valence-corrected chi connectivity index (χ0v) is 23.7. The van der Waals surface area contributed by atoms with E-state index in [4.69, 9.17) is 4.98 Å². The van der Waals surface area contributed by atoms with Crippen LogP contribution in [-0.2, 0) is 20.8 Å². The normalized spacial score (nSPS) is 15.9. The molecule has 2 atom stereocenters. The van der Waals surface area contributed by atoms with Gasteiger partial charge < -0.3 is 4.90 Å². The largest absolute Gasteiger partial charge is 0.323 e. The van der Waals surface area contributed by atoms with Crippen LogP contribution in [0.4, 0.5) is 5.69 Å². The zero-order chi connectivity index (χ0) is 28.5. The van der Waals surface area contributed by atoms with E-state index in [0.717, 1.165) is 31.9 Å². The van der Waals surface area contributed by atoms with E-state index < -0.39 is 6.04 Å². The number of imide groups is 1. The number of nitrogens with zero attached hydrogens (tertiary/aromatic N) is 3. The Hall–Kier alpha value is -4.62. The van der Waals surface area contributed by atoms with Gasteiger partial charge in [0.2, 0.25) is 11.8 Å². The molecule has 1 fully saturated rings. The van der Waals surface area contributed by atoms with Crippen molar-refractivity contribution in [2.75, 3.05) is 4.90 Å². The van der Waals surface area contributed by atoms with Crippen molar-refractivity contribution in [3.05, 3.63) is 120 Å². The minimum absolute atomic E-state index is 0.0600. The minimum Gasteiger partial charge on any atom is -0.323 e. The molecule has 5 aromatic rings. The monoisotopic (exact) mass is 559 g/mol. The summed E-state index contributed by atoms with van der Waals surface area (Å²) in [7, 11) is 0. The van der Waals surface area contributed by atoms with Crippen molar-refractivity contribution in [3.8, 4) is 10.6 Å². The van der Waals surface area contributed by atoms with Crippen molar-refractivity contribution in [1.82, 2.24) is 9.88 Å². The average molecular weight is 560 g/mol. The molecule has 0 spiro atoms. The minimum atomic E-state index is -0.888. The predicted molar refractivity (Wildman–Crippen MR) is 163 cm³/mol. The summed E-state index contributed by atoms with van der Waals surface area (Å²) in [5, 5.41) is 0.878. The van der Waals surface area contributed by atoms with Gasteiger partial charge in [0.25, 0.3) is 5.91 Å². The number of hydrogen-bond donors (Lipinski definition) is 0. The number of carbonyl (C=O) groups excluding carboxylic acids is 3. The van der Waals surface area contributed by atoms with Crippen LogP contribution in [0.25, 0.3) is 20.8 Å². The summed E-state index contributed by atoms with van der Waals surface area (Å²) in [5.41, 5.74) is 5.30. The molecule has 0 aliphatic carbocycles. The number of thiazole rings is 1. The SMILES string of the molecule is Cc1ccc2nc(-c3ccc(N4C(=O)CC(N(C(=O)Cc5ccccc5)C(C)c5ccccc5)C4=O)cc3)sc2c1. The fourth-order valence-corrected chi connectivity index (χ4v) is 6.50. The quantitative estimate of drug-likeness (QED) is 0.207. The van der Waals surface area contributed by atoms with Crippen LogP contribution in [0.15, 0.2) is 103 Å². The molecule has 6 nitrogen and oxygen atoms in total. The third kappa shape index (κ3) is 5.28. The van der Waals surface area contributed by atoms with Crippen LogP contribution in [0.1, 0.15) is 36.1 Å². The summed E-state index contributed by atoms with van der Waals surface area (Å²) in [4.78, 5) is 48.5. The van der Waals surface area contributed by atoms with Crippen molar-refractivity contribution < 1.29 is 14.4 Å². The first-order chi connectivity index (χ1) is 19.9. The van der Waals surface area contributed by atoms with E-state index in [1.807, 2.05) is 91.9 Å². The van der Waals surface area contributed by atoms with Gasteiger partial charge in [-0.2, -0.15) is 0 Å². The Morgan fingerprint density at radius 3 is 2.34 bits per heavy atom. The Bertz CT molecular complexity index is 1730. The number of fused-ring (bicyclic) bond motifs is 1. The molecule has 1 saturated heterocycles. The van der Waals surface area contributed by atoms with Gasteiger partial charge in [-0.05, 0) is 66.9 Å². The third-order valence-electron chi connectivity index (χ3n) is 7.56. The summed E-state index contributed by atoms with van der Waals surface area (Å²) in [6, 6.07) is 31.3. The van der Waals surface area contributed by atoms with Crippen molar-refractivity contribution in [1.29, 1.82) is 0 Å². The lowest BCUT2D eigenvalue weighted by Crippen LogP contribution is -2.47. The van der Waals surface area contributed by atoms with Crippen LogP contribution in [-0.4, -0.2) is 33.6 Å². The highest BCUT2D eigenvalue weighted by Gasteiger charge is 2.46. The van der Waals surface area contributed by atoms with Crippen LogP contribution < -0.4 is 4.90 Å². The number of aryl methyl sites for hydroxylation is 1. The molecule has 4 aromatic carbocycles. The number of carbonyl (C=O) groups is 3. The third-order valence-corrected chi connectivity index (χ3v) is 8.63. The van der Waals surface area contributed by atoms with E-state index in [-0.39, 0.29) is 36.6 Å². The van der Waals surface area contributed by atoms with Gasteiger partial charge >= 0.3 is 0 Å². The number of amides is 3. The molecule has 0 N–H and O–H groups in total. The first-order valence-electron chi connectivity index (χ1n) is 13.6. The van der Waals surface area contributed by atoms with Crippen LogP contribution in [0.2, 0.25) is 0 Å². The lowest BCUT2D eigenvalue weighted by molar-refractivity contribution is -0.140. The Kier molecular flexibility index (Phi) is 7.20. The fourth-order valence-electron chi connectivity index (χ4n) is 5.43. The number of aromatic nitrogens is 1. The second-order valence-electron chi connectivity index (χ2n) is 10.4. The second kappa shape index (κ2) is 11.1. The van der Waals surface area contributed by atoms with Crippen molar-refractivity contribution >= 4 is 45.0 Å². The van der Waals surface area contributed by atoms with Gasteiger partial charge in [-0.3, -0.25) is 14.4 Å². The standard InChI is InChI=1S/C34H29N3O3S/c1-22-13-18-28-30(19-22)41-33(35-28)26-14-16-27(17-15-26)37-32(39)21-29(34(37)40)36(23(2)25-11-7-4-8-12-25)31(38)20-24-9-5-3-6-10-24/h3-19,23,29H,20-21H2,1-2H3. The molecule has 0 saturated carbocycles. The average Bonchev–Trinajstić information content (AvgIpc) is 3.53. The van der Waals surface area contributed by atoms with Crippen LogP contribution in [0.5, 0.6) is 0 Å². The fraction of sp³-hybridized carbons (Fsp3) is 0.176. The molecule has 7 heteroatoms. The van der Waals surface area contributed by atoms with E-state index in [1.165, 1.54) is 10.5 Å². The lowest BCUT2D eigenvalue weighted by Gasteiger charge is -2.34. The van der Waals surface area contributed by atoms with E-state index in [2.05, 4.69) is 13.0 Å². The molecular formula is C34H29N3O3S. The number of hydrogen-bond acceptors (Lipinski definition) is 5. The Morgan fingerprint density at radius 1 is 0.951 bits per heavy atom. The van der Waals surface area contributed by atoms with E-state index in [0.29, 0.717) is 5.69 Å². The van der Waals surface area contributed by atoms with Gasteiger partial charge in [0.05, 0.1) is 34.8 Å². The highest BCUT2D eigenvalue weighted by molar-refractivity contribution is 7.21. The lowest BCUT2D eigenvalue weighted by atomic mass is 10.0. The summed E-state index contributed by atoms with van der Waals surface area (Å²) >= 11 is 1.61. The maximum absolute atomic E-state index is 13.9. The van der Waals surface area contributed by atoms with Crippen LogP contribution >= 0.6 is 11.3 Å². The highest BCUT2D eigenvalue weighted by atomic mass is 32.1. The van der Waals surface area contributed by atoms with Gasteiger partial charge in [-0.25, -0.2) is 9.88 Å².